The summed E-state index contributed by atoms with van der Waals surface area (Å²) in [5, 5.41) is 4.98. The third-order valence-electron chi connectivity index (χ3n) is 3.28. The molecule has 2 heterocycles. The lowest BCUT2D eigenvalue weighted by atomic mass is 10.2. The smallest absolute Gasteiger partial charge is 0.138 e. The predicted molar refractivity (Wildman–Crippen MR) is 86.8 cm³/mol. The summed E-state index contributed by atoms with van der Waals surface area (Å²) in [4.78, 5) is 19.8. The van der Waals surface area contributed by atoms with E-state index in [9.17, 15) is 4.91 Å². The van der Waals surface area contributed by atoms with Gasteiger partial charge in [0, 0.05) is 11.3 Å². The van der Waals surface area contributed by atoms with Gasteiger partial charge in [0.2, 0.25) is 0 Å². The molecule has 0 aliphatic carbocycles. The maximum atomic E-state index is 10.5. The van der Waals surface area contributed by atoms with Crippen LogP contribution in [-0.2, 0) is 6.42 Å². The fraction of sp³-hybridized carbons (Fsp3) is 0.188. The Kier molecular flexibility index (Phi) is 3.92. The predicted octanol–water partition coefficient (Wildman–Crippen LogP) is 5.16. The van der Waals surface area contributed by atoms with E-state index in [-0.39, 0.29) is 0 Å². The van der Waals surface area contributed by atoms with Crippen LogP contribution in [-0.4, -0.2) is 9.97 Å². The molecule has 0 aliphatic rings. The molecule has 1 N–H and O–H groups in total. The molecule has 1 aromatic carbocycles. The van der Waals surface area contributed by atoms with Crippen molar-refractivity contribution in [3.8, 4) is 22.0 Å². The van der Waals surface area contributed by atoms with Crippen molar-refractivity contribution >= 4 is 17.0 Å². The van der Waals surface area contributed by atoms with Crippen molar-refractivity contribution in [1.82, 2.24) is 9.97 Å². The molecule has 106 valence electrons. The Morgan fingerprint density at radius 2 is 2.05 bits per heavy atom. The van der Waals surface area contributed by atoms with Crippen molar-refractivity contribution in [3.05, 3.63) is 52.4 Å². The normalized spacial score (nSPS) is 10.7. The van der Waals surface area contributed by atoms with Crippen LogP contribution >= 0.6 is 11.3 Å². The first-order valence-corrected chi connectivity index (χ1v) is 7.76. The average Bonchev–Trinajstić information content (AvgIpc) is 3.17. The van der Waals surface area contributed by atoms with Gasteiger partial charge in [-0.15, -0.1) is 16.2 Å². The van der Waals surface area contributed by atoms with Gasteiger partial charge in [-0.05, 0) is 47.3 Å². The molecule has 3 rings (SSSR count). The van der Waals surface area contributed by atoms with Gasteiger partial charge in [0.25, 0.3) is 0 Å². The first-order chi connectivity index (χ1) is 10.3. The molecule has 0 fully saturated rings. The molecule has 0 saturated carbocycles. The second-order valence-electron chi connectivity index (χ2n) is 4.78. The molecule has 0 bridgehead atoms. The topological polar surface area (TPSA) is 58.1 Å². The summed E-state index contributed by atoms with van der Waals surface area (Å²) in [7, 11) is 0. The lowest BCUT2D eigenvalue weighted by Crippen LogP contribution is -1.86. The van der Waals surface area contributed by atoms with E-state index in [1.807, 2.05) is 18.2 Å². The van der Waals surface area contributed by atoms with Gasteiger partial charge in [-0.3, -0.25) is 0 Å². The number of nitrogens with zero attached hydrogens (tertiary/aromatic N) is 2. The second kappa shape index (κ2) is 6.01. The number of nitroso groups, excluding NO2 is 1. The number of imidazole rings is 1. The van der Waals surface area contributed by atoms with Crippen LogP contribution in [0.2, 0.25) is 0 Å². The minimum atomic E-state index is 0.428. The number of aromatic nitrogens is 2. The van der Waals surface area contributed by atoms with E-state index < -0.39 is 0 Å². The highest BCUT2D eigenvalue weighted by atomic mass is 32.1. The molecular weight excluding hydrogens is 282 g/mol. The lowest BCUT2D eigenvalue weighted by molar-refractivity contribution is 0.895. The standard InChI is InChI=1S/C16H15N3OS/c1-2-4-13-15(14-5-3-10-21-14)18-16(17-13)11-6-8-12(19-20)9-7-11/h3,5-10H,2,4H2,1H3,(H,17,18). The average molecular weight is 297 g/mol. The van der Waals surface area contributed by atoms with Gasteiger partial charge in [0.05, 0.1) is 4.88 Å². The number of benzene rings is 1. The summed E-state index contributed by atoms with van der Waals surface area (Å²) in [6.45, 7) is 2.16. The Bertz CT molecular complexity index is 729. The van der Waals surface area contributed by atoms with Crippen molar-refractivity contribution < 1.29 is 0 Å². The van der Waals surface area contributed by atoms with E-state index in [1.54, 1.807) is 23.5 Å². The number of rotatable bonds is 5. The van der Waals surface area contributed by atoms with E-state index in [4.69, 9.17) is 4.98 Å². The van der Waals surface area contributed by atoms with Gasteiger partial charge >= 0.3 is 0 Å². The Labute approximate surface area is 126 Å². The molecule has 4 nitrogen and oxygen atoms in total. The summed E-state index contributed by atoms with van der Waals surface area (Å²) in [6, 6.07) is 11.3. The number of aryl methyl sites for hydroxylation is 1. The molecule has 0 atom stereocenters. The third kappa shape index (κ3) is 2.78. The zero-order chi connectivity index (χ0) is 14.7. The number of nitrogens with one attached hydrogen (secondary N) is 1. The molecule has 0 aliphatic heterocycles. The Balaban J connectivity index is 2.02. The number of H-pyrrole nitrogens is 1. The fourth-order valence-corrected chi connectivity index (χ4v) is 3.02. The van der Waals surface area contributed by atoms with E-state index in [0.29, 0.717) is 5.69 Å². The van der Waals surface area contributed by atoms with Crippen LogP contribution in [0.25, 0.3) is 22.0 Å². The SMILES string of the molecule is CCCc1[nH]c(-c2ccc(N=O)cc2)nc1-c1cccs1. The molecule has 0 saturated heterocycles. The summed E-state index contributed by atoms with van der Waals surface area (Å²) in [5.41, 5.74) is 3.58. The van der Waals surface area contributed by atoms with Crippen molar-refractivity contribution in [2.24, 2.45) is 5.18 Å². The lowest BCUT2D eigenvalue weighted by Gasteiger charge is -1.97. The summed E-state index contributed by atoms with van der Waals surface area (Å²) < 4.78 is 0. The van der Waals surface area contributed by atoms with E-state index in [2.05, 4.69) is 28.5 Å². The van der Waals surface area contributed by atoms with Gasteiger partial charge in [-0.2, -0.15) is 0 Å². The third-order valence-corrected chi connectivity index (χ3v) is 4.16. The Morgan fingerprint density at radius 1 is 1.24 bits per heavy atom. The molecule has 2 aromatic heterocycles. The van der Waals surface area contributed by atoms with E-state index >= 15 is 0 Å². The minimum Gasteiger partial charge on any atom is -0.341 e. The minimum absolute atomic E-state index is 0.428. The number of thiophene rings is 1. The zero-order valence-electron chi connectivity index (χ0n) is 11.7. The van der Waals surface area contributed by atoms with Crippen molar-refractivity contribution in [2.75, 3.05) is 0 Å². The van der Waals surface area contributed by atoms with E-state index in [0.717, 1.165) is 35.6 Å². The molecule has 0 spiro atoms. The van der Waals surface area contributed by atoms with Crippen molar-refractivity contribution in [1.29, 1.82) is 0 Å². The molecule has 3 aromatic rings. The number of hydrogen-bond acceptors (Lipinski definition) is 4. The summed E-state index contributed by atoms with van der Waals surface area (Å²) >= 11 is 1.69. The van der Waals surface area contributed by atoms with Crippen LogP contribution in [0.1, 0.15) is 19.0 Å². The summed E-state index contributed by atoms with van der Waals surface area (Å²) in [6.07, 6.45) is 2.03. The molecule has 0 unspecified atom stereocenters. The van der Waals surface area contributed by atoms with Crippen LogP contribution in [0.4, 0.5) is 5.69 Å². The molecular formula is C16H15N3OS. The largest absolute Gasteiger partial charge is 0.341 e. The van der Waals surface area contributed by atoms with Crippen LogP contribution in [0.5, 0.6) is 0 Å². The highest BCUT2D eigenvalue weighted by molar-refractivity contribution is 7.13. The van der Waals surface area contributed by atoms with Crippen LogP contribution in [0.15, 0.2) is 47.0 Å². The monoisotopic (exact) mass is 297 g/mol. The summed E-state index contributed by atoms with van der Waals surface area (Å²) in [5.74, 6) is 0.833. The van der Waals surface area contributed by atoms with Crippen LogP contribution in [0, 0.1) is 4.91 Å². The quantitative estimate of drug-likeness (QED) is 0.661. The molecule has 5 heteroatoms. The first kappa shape index (κ1) is 13.7. The molecule has 0 radical (unpaired) electrons. The molecule has 0 amide bonds. The number of aromatic amines is 1. The number of hydrogen-bond donors (Lipinski definition) is 1. The van der Waals surface area contributed by atoms with Crippen LogP contribution in [0.3, 0.4) is 0 Å². The van der Waals surface area contributed by atoms with Gasteiger partial charge < -0.3 is 4.98 Å². The van der Waals surface area contributed by atoms with Gasteiger partial charge in [0.1, 0.15) is 17.2 Å². The van der Waals surface area contributed by atoms with E-state index in [1.165, 1.54) is 4.88 Å². The maximum absolute atomic E-state index is 10.5. The highest BCUT2D eigenvalue weighted by Crippen LogP contribution is 2.30. The van der Waals surface area contributed by atoms with Gasteiger partial charge in [-0.1, -0.05) is 19.4 Å². The van der Waals surface area contributed by atoms with Crippen molar-refractivity contribution in [2.45, 2.75) is 19.8 Å². The maximum Gasteiger partial charge on any atom is 0.138 e. The van der Waals surface area contributed by atoms with Crippen molar-refractivity contribution in [3.63, 3.8) is 0 Å². The zero-order valence-corrected chi connectivity index (χ0v) is 12.5. The first-order valence-electron chi connectivity index (χ1n) is 6.88. The fourth-order valence-electron chi connectivity index (χ4n) is 2.27. The highest BCUT2D eigenvalue weighted by Gasteiger charge is 2.13. The van der Waals surface area contributed by atoms with Crippen LogP contribution < -0.4 is 0 Å². The second-order valence-corrected chi connectivity index (χ2v) is 5.73. The Morgan fingerprint density at radius 3 is 2.67 bits per heavy atom. The van der Waals surface area contributed by atoms with Gasteiger partial charge in [0.15, 0.2) is 0 Å². The van der Waals surface area contributed by atoms with Gasteiger partial charge in [-0.25, -0.2) is 4.98 Å². The molecule has 21 heavy (non-hydrogen) atoms. The Hall–Kier alpha value is -2.27.